The quantitative estimate of drug-likeness (QED) is 0.271. The standard InChI is InChI=1S/C18H27N3O6S/c1-27-18(22)8-4-2-5-11-19-16-10-9-15(14-17(16)21(23)24)28(25,26)20-12-6-3-7-13-20/h9-10,14,19H,2-8,11-13H2,1H3. The molecule has 0 amide bonds. The number of rotatable bonds is 10. The molecule has 156 valence electrons. The molecule has 2 rings (SSSR count). The van der Waals surface area contributed by atoms with Crippen LogP contribution < -0.4 is 5.32 Å². The molecule has 28 heavy (non-hydrogen) atoms. The van der Waals surface area contributed by atoms with Crippen molar-refractivity contribution in [2.75, 3.05) is 32.1 Å². The summed E-state index contributed by atoms with van der Waals surface area (Å²) in [5, 5.41) is 14.4. The summed E-state index contributed by atoms with van der Waals surface area (Å²) in [6, 6.07) is 3.99. The normalized spacial score (nSPS) is 15.2. The van der Waals surface area contributed by atoms with Crippen LogP contribution in [-0.4, -0.2) is 50.4 Å². The number of nitrogens with zero attached hydrogens (tertiary/aromatic N) is 2. The maximum absolute atomic E-state index is 12.7. The van der Waals surface area contributed by atoms with Crippen molar-refractivity contribution in [3.8, 4) is 0 Å². The molecule has 1 aliphatic rings. The van der Waals surface area contributed by atoms with E-state index in [1.807, 2.05) is 0 Å². The van der Waals surface area contributed by atoms with Gasteiger partial charge in [0.15, 0.2) is 0 Å². The van der Waals surface area contributed by atoms with E-state index in [9.17, 15) is 23.3 Å². The summed E-state index contributed by atoms with van der Waals surface area (Å²) < 4.78 is 31.4. The van der Waals surface area contributed by atoms with Gasteiger partial charge in [-0.3, -0.25) is 14.9 Å². The first-order valence-electron chi connectivity index (χ1n) is 9.45. The van der Waals surface area contributed by atoms with Crippen LogP contribution in [0.4, 0.5) is 11.4 Å². The second kappa shape index (κ2) is 10.4. The number of esters is 1. The van der Waals surface area contributed by atoms with Gasteiger partial charge in [0.25, 0.3) is 5.69 Å². The molecule has 0 unspecified atom stereocenters. The van der Waals surface area contributed by atoms with Gasteiger partial charge in [0.2, 0.25) is 10.0 Å². The molecule has 0 radical (unpaired) electrons. The Morgan fingerprint density at radius 2 is 1.93 bits per heavy atom. The summed E-state index contributed by atoms with van der Waals surface area (Å²) >= 11 is 0. The van der Waals surface area contributed by atoms with E-state index in [0.29, 0.717) is 32.5 Å². The smallest absolute Gasteiger partial charge is 0.305 e. The zero-order valence-electron chi connectivity index (χ0n) is 16.1. The molecule has 0 spiro atoms. The third-order valence-corrected chi connectivity index (χ3v) is 6.61. The molecule has 0 bridgehead atoms. The van der Waals surface area contributed by atoms with Gasteiger partial charge >= 0.3 is 5.97 Å². The Labute approximate surface area is 165 Å². The zero-order valence-corrected chi connectivity index (χ0v) is 16.9. The molecule has 1 aromatic rings. The van der Waals surface area contributed by atoms with Crippen molar-refractivity contribution in [3.05, 3.63) is 28.3 Å². The second-order valence-electron chi connectivity index (χ2n) is 6.71. The van der Waals surface area contributed by atoms with Gasteiger partial charge in [-0.15, -0.1) is 0 Å². The van der Waals surface area contributed by atoms with Gasteiger partial charge in [0, 0.05) is 32.1 Å². The van der Waals surface area contributed by atoms with Gasteiger partial charge in [0.05, 0.1) is 16.9 Å². The van der Waals surface area contributed by atoms with E-state index in [-0.39, 0.29) is 22.2 Å². The van der Waals surface area contributed by atoms with E-state index in [1.54, 1.807) is 0 Å². The summed E-state index contributed by atoms with van der Waals surface area (Å²) in [7, 11) is -2.38. The minimum Gasteiger partial charge on any atom is -0.469 e. The molecule has 0 aromatic heterocycles. The Bertz CT molecular complexity index is 791. The average molecular weight is 413 g/mol. The monoisotopic (exact) mass is 413 g/mol. The van der Waals surface area contributed by atoms with Crippen molar-refractivity contribution >= 4 is 27.4 Å². The van der Waals surface area contributed by atoms with Crippen LogP contribution in [-0.2, 0) is 19.6 Å². The van der Waals surface area contributed by atoms with E-state index in [0.717, 1.165) is 38.2 Å². The van der Waals surface area contributed by atoms with Crippen LogP contribution in [0, 0.1) is 10.1 Å². The molecule has 0 atom stereocenters. The lowest BCUT2D eigenvalue weighted by Crippen LogP contribution is -2.35. The fraction of sp³-hybridized carbons (Fsp3) is 0.611. The van der Waals surface area contributed by atoms with Crippen molar-refractivity contribution in [1.82, 2.24) is 4.31 Å². The highest BCUT2D eigenvalue weighted by Gasteiger charge is 2.28. The lowest BCUT2D eigenvalue weighted by Gasteiger charge is -2.25. The van der Waals surface area contributed by atoms with Gasteiger partial charge in [-0.2, -0.15) is 4.31 Å². The van der Waals surface area contributed by atoms with E-state index in [4.69, 9.17) is 0 Å². The highest BCUT2D eigenvalue weighted by Crippen LogP contribution is 2.30. The average Bonchev–Trinajstić information content (AvgIpc) is 2.70. The predicted molar refractivity (Wildman–Crippen MR) is 105 cm³/mol. The molecule has 1 aliphatic heterocycles. The topological polar surface area (TPSA) is 119 Å². The number of carbonyl (C=O) groups excluding carboxylic acids is 1. The number of methoxy groups -OCH3 is 1. The zero-order chi connectivity index (χ0) is 20.6. The van der Waals surface area contributed by atoms with E-state index < -0.39 is 14.9 Å². The summed E-state index contributed by atoms with van der Waals surface area (Å²) in [5.41, 5.74) is 0.0307. The largest absolute Gasteiger partial charge is 0.469 e. The first kappa shape index (κ1) is 22.1. The van der Waals surface area contributed by atoms with Crippen molar-refractivity contribution < 1.29 is 22.9 Å². The maximum atomic E-state index is 12.7. The number of benzene rings is 1. The van der Waals surface area contributed by atoms with Gasteiger partial charge < -0.3 is 10.1 Å². The van der Waals surface area contributed by atoms with Crippen LogP contribution in [0.2, 0.25) is 0 Å². The number of sulfonamides is 1. The molecule has 0 saturated carbocycles. The number of hydrogen-bond acceptors (Lipinski definition) is 7. The minimum absolute atomic E-state index is 0.0512. The summed E-state index contributed by atoms with van der Waals surface area (Å²) in [4.78, 5) is 21.8. The van der Waals surface area contributed by atoms with E-state index in [2.05, 4.69) is 10.1 Å². The number of piperidine rings is 1. The number of hydrogen-bond donors (Lipinski definition) is 1. The molecule has 10 heteroatoms. The molecular formula is C18H27N3O6S. The van der Waals surface area contributed by atoms with Gasteiger partial charge in [-0.25, -0.2) is 8.42 Å². The lowest BCUT2D eigenvalue weighted by molar-refractivity contribution is -0.384. The number of nitro benzene ring substituents is 1. The first-order valence-corrected chi connectivity index (χ1v) is 10.9. The Balaban J connectivity index is 2.00. The maximum Gasteiger partial charge on any atom is 0.305 e. The SMILES string of the molecule is COC(=O)CCCCCNc1ccc(S(=O)(=O)N2CCCCC2)cc1[N+](=O)[O-]. The third-order valence-electron chi connectivity index (χ3n) is 4.72. The Morgan fingerprint density at radius 3 is 2.57 bits per heavy atom. The van der Waals surface area contributed by atoms with Crippen LogP contribution >= 0.6 is 0 Å². The lowest BCUT2D eigenvalue weighted by atomic mass is 10.2. The fourth-order valence-corrected chi connectivity index (χ4v) is 4.66. The van der Waals surface area contributed by atoms with Crippen molar-refractivity contribution in [3.63, 3.8) is 0 Å². The molecule has 0 aliphatic carbocycles. The number of anilines is 1. The molecule has 1 saturated heterocycles. The van der Waals surface area contributed by atoms with Crippen LogP contribution in [0.5, 0.6) is 0 Å². The van der Waals surface area contributed by atoms with Crippen LogP contribution in [0.25, 0.3) is 0 Å². The van der Waals surface area contributed by atoms with Crippen LogP contribution in [0.3, 0.4) is 0 Å². The molecule has 9 nitrogen and oxygen atoms in total. The fourth-order valence-electron chi connectivity index (χ4n) is 3.12. The number of nitrogens with one attached hydrogen (secondary N) is 1. The van der Waals surface area contributed by atoms with Crippen LogP contribution in [0.1, 0.15) is 44.9 Å². The molecule has 1 heterocycles. The number of unbranched alkanes of at least 4 members (excludes halogenated alkanes) is 2. The molecule has 1 fully saturated rings. The highest BCUT2D eigenvalue weighted by atomic mass is 32.2. The van der Waals surface area contributed by atoms with Gasteiger partial charge in [0.1, 0.15) is 5.69 Å². The van der Waals surface area contributed by atoms with E-state index in [1.165, 1.54) is 23.5 Å². The van der Waals surface area contributed by atoms with Crippen molar-refractivity contribution in [1.29, 1.82) is 0 Å². The number of nitro groups is 1. The predicted octanol–water partition coefficient (Wildman–Crippen LogP) is 2.91. The number of ether oxygens (including phenoxy) is 1. The summed E-state index contributed by atoms with van der Waals surface area (Å²) in [6.45, 7) is 1.38. The summed E-state index contributed by atoms with van der Waals surface area (Å²) in [5.74, 6) is -0.255. The Morgan fingerprint density at radius 1 is 1.21 bits per heavy atom. The van der Waals surface area contributed by atoms with Gasteiger partial charge in [-0.05, 0) is 37.8 Å². The Hall–Kier alpha value is -2.20. The third kappa shape index (κ3) is 5.90. The molecule has 1 aromatic carbocycles. The summed E-state index contributed by atoms with van der Waals surface area (Å²) in [6.07, 6.45) is 5.13. The molecule has 1 N–H and O–H groups in total. The number of carbonyl (C=O) groups is 1. The van der Waals surface area contributed by atoms with Crippen LogP contribution in [0.15, 0.2) is 23.1 Å². The highest BCUT2D eigenvalue weighted by molar-refractivity contribution is 7.89. The first-order chi connectivity index (χ1) is 13.4. The second-order valence-corrected chi connectivity index (χ2v) is 8.65. The molecular weight excluding hydrogens is 386 g/mol. The van der Waals surface area contributed by atoms with Gasteiger partial charge in [-0.1, -0.05) is 12.8 Å². The van der Waals surface area contributed by atoms with E-state index >= 15 is 0 Å². The Kier molecular flexibility index (Phi) is 8.18. The van der Waals surface area contributed by atoms with Crippen molar-refractivity contribution in [2.45, 2.75) is 49.8 Å². The van der Waals surface area contributed by atoms with Crippen molar-refractivity contribution in [2.24, 2.45) is 0 Å². The minimum atomic E-state index is -3.72.